The second-order valence-electron chi connectivity index (χ2n) is 4.20. The Morgan fingerprint density at radius 3 is 2.71 bits per heavy atom. The molecule has 1 aliphatic heterocycles. The van der Waals surface area contributed by atoms with Gasteiger partial charge in [0.1, 0.15) is 6.54 Å². The molecule has 1 N–H and O–H groups in total. The third-order valence-corrected chi connectivity index (χ3v) is 4.25. The highest BCUT2D eigenvalue weighted by molar-refractivity contribution is 7.58. The summed E-state index contributed by atoms with van der Waals surface area (Å²) in [5.74, 6) is -0.312. The fourth-order valence-electron chi connectivity index (χ4n) is 1.43. The van der Waals surface area contributed by atoms with Gasteiger partial charge in [0.25, 0.3) is 0 Å². The molecule has 1 aliphatic rings. The predicted octanol–water partition coefficient (Wildman–Crippen LogP) is 1.26. The minimum atomic E-state index is -2.65. The minimum absolute atomic E-state index is 0.0494. The van der Waals surface area contributed by atoms with E-state index in [0.29, 0.717) is 6.61 Å². The van der Waals surface area contributed by atoms with Crippen molar-refractivity contribution in [2.24, 2.45) is 0 Å². The van der Waals surface area contributed by atoms with Crippen molar-refractivity contribution in [2.75, 3.05) is 32.5 Å². The summed E-state index contributed by atoms with van der Waals surface area (Å²) in [4.78, 5) is 23.5. The van der Waals surface area contributed by atoms with Crippen LogP contribution in [-0.2, 0) is 13.9 Å². The van der Waals surface area contributed by atoms with Gasteiger partial charge in [0, 0.05) is 19.4 Å². The summed E-state index contributed by atoms with van der Waals surface area (Å²) in [5.41, 5.74) is 0. The fourth-order valence-corrected chi connectivity index (χ4v) is 2.68. The first-order valence-electron chi connectivity index (χ1n) is 5.74. The lowest BCUT2D eigenvalue weighted by molar-refractivity contribution is -0.118. The van der Waals surface area contributed by atoms with Crippen molar-refractivity contribution < 1.29 is 18.7 Å². The van der Waals surface area contributed by atoms with E-state index in [2.05, 4.69) is 5.32 Å². The minimum Gasteiger partial charge on any atom is -0.329 e. The number of rotatable bonds is 7. The number of unbranched alkanes of at least 4 members (excludes halogenated alkanes) is 1. The van der Waals surface area contributed by atoms with Crippen LogP contribution in [-0.4, -0.2) is 49.4 Å². The molecule has 17 heavy (non-hydrogen) atoms. The Balaban J connectivity index is 2.31. The molecule has 0 aromatic rings. The summed E-state index contributed by atoms with van der Waals surface area (Å²) in [6.07, 6.45) is 2.15. The molecule has 0 spiro atoms. The Morgan fingerprint density at radius 2 is 2.18 bits per heavy atom. The van der Waals surface area contributed by atoms with E-state index >= 15 is 0 Å². The molecule has 1 unspecified atom stereocenters. The Bertz CT molecular complexity index is 345. The average Bonchev–Trinajstić information content (AvgIpc) is 2.55. The number of hydrogen-bond donors (Lipinski definition) is 1. The summed E-state index contributed by atoms with van der Waals surface area (Å²) in [6.45, 7) is 4.42. The van der Waals surface area contributed by atoms with E-state index in [1.165, 1.54) is 4.90 Å². The van der Waals surface area contributed by atoms with Gasteiger partial charge < -0.3 is 9.42 Å². The summed E-state index contributed by atoms with van der Waals surface area (Å²) < 4.78 is 17.3. The van der Waals surface area contributed by atoms with Crippen molar-refractivity contribution in [1.82, 2.24) is 10.2 Å². The molecular weight excluding hydrogens is 243 g/mol. The summed E-state index contributed by atoms with van der Waals surface area (Å²) in [7, 11) is -2.65. The number of amides is 3. The molecule has 0 aliphatic carbocycles. The second-order valence-corrected chi connectivity index (χ2v) is 6.93. The van der Waals surface area contributed by atoms with Crippen molar-refractivity contribution in [3.05, 3.63) is 0 Å². The molecule has 7 heteroatoms. The number of carbonyl (C=O) groups is 2. The van der Waals surface area contributed by atoms with Crippen molar-refractivity contribution in [2.45, 2.75) is 19.8 Å². The predicted molar refractivity (Wildman–Crippen MR) is 64.4 cm³/mol. The number of imide groups is 1. The quantitative estimate of drug-likeness (QED) is 0.426. The Hall–Kier alpha value is -0.870. The number of carbonyl (C=O) groups excluding carboxylic acids is 2. The van der Waals surface area contributed by atoms with Crippen LogP contribution in [0.5, 0.6) is 0 Å². The molecular formula is C10H19N2O4P. The average molecular weight is 262 g/mol. The number of hydrogen-bond acceptors (Lipinski definition) is 4. The van der Waals surface area contributed by atoms with Gasteiger partial charge in [0.15, 0.2) is 0 Å². The number of nitrogens with one attached hydrogen (secondary N) is 1. The third-order valence-electron chi connectivity index (χ3n) is 2.51. The van der Waals surface area contributed by atoms with Crippen LogP contribution in [0.25, 0.3) is 0 Å². The molecule has 1 saturated heterocycles. The van der Waals surface area contributed by atoms with Gasteiger partial charge in [-0.3, -0.25) is 14.7 Å². The molecule has 1 atom stereocenters. The Labute approximate surface area is 101 Å². The Morgan fingerprint density at radius 1 is 1.47 bits per heavy atom. The molecule has 0 aromatic heterocycles. The van der Waals surface area contributed by atoms with Crippen molar-refractivity contribution >= 4 is 19.3 Å². The molecule has 1 fully saturated rings. The van der Waals surface area contributed by atoms with Gasteiger partial charge >= 0.3 is 6.03 Å². The van der Waals surface area contributed by atoms with Crippen LogP contribution in [0.3, 0.4) is 0 Å². The van der Waals surface area contributed by atoms with Gasteiger partial charge in [-0.25, -0.2) is 4.79 Å². The zero-order valence-corrected chi connectivity index (χ0v) is 11.2. The standard InChI is InChI=1S/C10H19N2O4P/c1-3-4-6-16-17(2,15)7-5-12-8-9(13)11-10(12)14/h3-8H2,1-2H3,(H,11,13,14). The van der Waals surface area contributed by atoms with Crippen molar-refractivity contribution in [3.63, 3.8) is 0 Å². The normalized spacial score (nSPS) is 19.3. The van der Waals surface area contributed by atoms with Crippen LogP contribution < -0.4 is 5.32 Å². The summed E-state index contributed by atoms with van der Waals surface area (Å²) >= 11 is 0. The van der Waals surface area contributed by atoms with Crippen LogP contribution in [0, 0.1) is 0 Å². The van der Waals surface area contributed by atoms with Gasteiger partial charge in [0.05, 0.1) is 6.61 Å². The maximum atomic E-state index is 12.0. The van der Waals surface area contributed by atoms with Gasteiger partial charge in [-0.2, -0.15) is 0 Å². The van der Waals surface area contributed by atoms with Crippen LogP contribution in [0.2, 0.25) is 0 Å². The first-order chi connectivity index (χ1) is 7.94. The topological polar surface area (TPSA) is 75.7 Å². The zero-order chi connectivity index (χ0) is 12.9. The van der Waals surface area contributed by atoms with Gasteiger partial charge in [0.2, 0.25) is 13.3 Å². The smallest absolute Gasteiger partial charge is 0.324 e. The van der Waals surface area contributed by atoms with Gasteiger partial charge in [-0.15, -0.1) is 0 Å². The molecule has 98 valence electrons. The van der Waals surface area contributed by atoms with Crippen LogP contribution in [0.1, 0.15) is 19.8 Å². The molecule has 0 radical (unpaired) electrons. The summed E-state index contributed by atoms with van der Waals surface area (Å²) in [5, 5.41) is 2.17. The number of urea groups is 1. The van der Waals surface area contributed by atoms with Crippen molar-refractivity contribution in [1.29, 1.82) is 0 Å². The summed E-state index contributed by atoms with van der Waals surface area (Å²) in [6, 6.07) is -0.413. The molecule has 1 heterocycles. The monoisotopic (exact) mass is 262 g/mol. The molecule has 1 rings (SSSR count). The van der Waals surface area contributed by atoms with Crippen LogP contribution in [0.15, 0.2) is 0 Å². The van der Waals surface area contributed by atoms with E-state index in [1.54, 1.807) is 6.66 Å². The maximum absolute atomic E-state index is 12.0. The first kappa shape index (κ1) is 14.2. The van der Waals surface area contributed by atoms with E-state index < -0.39 is 13.4 Å². The van der Waals surface area contributed by atoms with E-state index in [0.717, 1.165) is 12.8 Å². The third kappa shape index (κ3) is 4.88. The lowest BCUT2D eigenvalue weighted by Crippen LogP contribution is -2.30. The lowest BCUT2D eigenvalue weighted by Gasteiger charge is -2.17. The second kappa shape index (κ2) is 6.17. The van der Waals surface area contributed by atoms with E-state index in [1.807, 2.05) is 6.92 Å². The highest BCUT2D eigenvalue weighted by Gasteiger charge is 2.28. The molecule has 0 bridgehead atoms. The van der Waals surface area contributed by atoms with E-state index in [4.69, 9.17) is 4.52 Å². The highest BCUT2D eigenvalue weighted by Crippen LogP contribution is 2.42. The molecule has 3 amide bonds. The van der Waals surface area contributed by atoms with Crippen molar-refractivity contribution in [3.8, 4) is 0 Å². The van der Waals surface area contributed by atoms with Crippen LogP contribution in [0.4, 0.5) is 4.79 Å². The first-order valence-corrected chi connectivity index (χ1v) is 8.00. The fraction of sp³-hybridized carbons (Fsp3) is 0.800. The van der Waals surface area contributed by atoms with E-state index in [-0.39, 0.29) is 25.2 Å². The van der Waals surface area contributed by atoms with Gasteiger partial charge in [-0.1, -0.05) is 13.3 Å². The lowest BCUT2D eigenvalue weighted by atomic mass is 10.4. The van der Waals surface area contributed by atoms with Crippen LogP contribution >= 0.6 is 7.37 Å². The molecule has 0 aromatic carbocycles. The molecule has 6 nitrogen and oxygen atoms in total. The zero-order valence-electron chi connectivity index (χ0n) is 10.3. The highest BCUT2D eigenvalue weighted by atomic mass is 31.2. The molecule has 0 saturated carbocycles. The SMILES string of the molecule is CCCCOP(C)(=O)CCN1CC(=O)NC1=O. The Kier molecular flexibility index (Phi) is 5.15. The maximum Gasteiger partial charge on any atom is 0.324 e. The largest absolute Gasteiger partial charge is 0.329 e. The van der Waals surface area contributed by atoms with Gasteiger partial charge in [-0.05, 0) is 6.42 Å². The number of nitrogens with zero attached hydrogens (tertiary/aromatic N) is 1. The van der Waals surface area contributed by atoms with E-state index in [9.17, 15) is 14.2 Å².